The lowest BCUT2D eigenvalue weighted by Crippen LogP contribution is -2.56. The first-order valence-corrected chi connectivity index (χ1v) is 11.6. The second-order valence-corrected chi connectivity index (χ2v) is 10.3. The van der Waals surface area contributed by atoms with E-state index < -0.39 is 12.7 Å². The Hall–Kier alpha value is -1.89. The molecule has 4 aliphatic carbocycles. The van der Waals surface area contributed by atoms with Crippen molar-refractivity contribution < 1.29 is 23.1 Å². The number of anilines is 1. The van der Waals surface area contributed by atoms with Crippen LogP contribution < -0.4 is 10.1 Å². The molecule has 168 valence electrons. The second kappa shape index (κ2) is 7.91. The van der Waals surface area contributed by atoms with Gasteiger partial charge < -0.3 is 15.0 Å². The summed E-state index contributed by atoms with van der Waals surface area (Å²) in [5.41, 5.74) is 0.126. The minimum atomic E-state index is -2.97. The van der Waals surface area contributed by atoms with Crippen molar-refractivity contribution >= 4 is 29.1 Å². The molecule has 4 bridgehead atoms. The molecule has 5 aliphatic rings. The van der Waals surface area contributed by atoms with Gasteiger partial charge in [0.1, 0.15) is 11.8 Å². The monoisotopic (exact) mass is 452 g/mol. The second-order valence-electron chi connectivity index (χ2n) is 9.87. The Labute approximate surface area is 185 Å². The Morgan fingerprint density at radius 3 is 2.35 bits per heavy atom. The third kappa shape index (κ3) is 3.90. The number of carbonyl (C=O) groups is 2. The third-order valence-electron chi connectivity index (χ3n) is 7.72. The van der Waals surface area contributed by atoms with Crippen molar-refractivity contribution in [2.45, 2.75) is 64.0 Å². The number of nitrogens with zero attached hydrogens (tertiary/aromatic N) is 1. The van der Waals surface area contributed by atoms with Crippen LogP contribution in [0.1, 0.15) is 51.4 Å². The Morgan fingerprint density at radius 2 is 1.77 bits per heavy atom. The predicted octanol–water partition coefficient (Wildman–Crippen LogP) is 5.09. The highest BCUT2D eigenvalue weighted by molar-refractivity contribution is 6.32. The summed E-state index contributed by atoms with van der Waals surface area (Å²) in [6.07, 6.45) is 8.16. The lowest BCUT2D eigenvalue weighted by Gasteiger charge is -2.56. The Balaban J connectivity index is 1.29. The van der Waals surface area contributed by atoms with Crippen molar-refractivity contribution in [3.05, 3.63) is 23.2 Å². The summed E-state index contributed by atoms with van der Waals surface area (Å²) in [5.74, 6) is 1.77. The van der Waals surface area contributed by atoms with E-state index in [2.05, 4.69) is 10.1 Å². The average Bonchev–Trinajstić information content (AvgIpc) is 3.18. The van der Waals surface area contributed by atoms with Crippen molar-refractivity contribution in [2.24, 2.45) is 23.2 Å². The van der Waals surface area contributed by atoms with E-state index in [9.17, 15) is 18.4 Å². The number of halogens is 3. The molecule has 1 aliphatic heterocycles. The van der Waals surface area contributed by atoms with E-state index in [1.165, 1.54) is 37.5 Å². The molecule has 1 aromatic rings. The highest BCUT2D eigenvalue weighted by Crippen LogP contribution is 2.60. The van der Waals surface area contributed by atoms with Gasteiger partial charge in [0.15, 0.2) is 0 Å². The van der Waals surface area contributed by atoms with Crippen LogP contribution in [0.25, 0.3) is 0 Å². The zero-order valence-electron chi connectivity index (χ0n) is 17.3. The van der Waals surface area contributed by atoms with Crippen molar-refractivity contribution in [1.82, 2.24) is 4.90 Å². The van der Waals surface area contributed by atoms with Gasteiger partial charge >= 0.3 is 6.61 Å². The van der Waals surface area contributed by atoms with Crippen LogP contribution in [0.2, 0.25) is 5.02 Å². The minimum Gasteiger partial charge on any atom is -0.433 e. The van der Waals surface area contributed by atoms with Crippen LogP contribution in [0.15, 0.2) is 18.2 Å². The molecule has 0 radical (unpaired) electrons. The number of benzene rings is 1. The fourth-order valence-corrected chi connectivity index (χ4v) is 7.18. The number of hydrogen-bond acceptors (Lipinski definition) is 3. The van der Waals surface area contributed by atoms with Crippen LogP contribution in [0.5, 0.6) is 5.75 Å². The highest BCUT2D eigenvalue weighted by atomic mass is 35.5. The number of ether oxygens (including phenoxy) is 1. The topological polar surface area (TPSA) is 58.6 Å². The smallest absolute Gasteiger partial charge is 0.387 e. The number of likely N-dealkylation sites (tertiary alicyclic amines) is 1. The van der Waals surface area contributed by atoms with Gasteiger partial charge in [-0.3, -0.25) is 9.59 Å². The summed E-state index contributed by atoms with van der Waals surface area (Å²) < 4.78 is 29.2. The molecule has 0 aromatic heterocycles. The van der Waals surface area contributed by atoms with Crippen molar-refractivity contribution in [3.63, 3.8) is 0 Å². The van der Waals surface area contributed by atoms with E-state index >= 15 is 0 Å². The van der Waals surface area contributed by atoms with Crippen molar-refractivity contribution in [2.75, 3.05) is 11.9 Å². The van der Waals surface area contributed by atoms with Crippen LogP contribution in [-0.2, 0) is 9.59 Å². The number of hydrogen-bond donors (Lipinski definition) is 1. The molecule has 1 atom stereocenters. The molecule has 5 fully saturated rings. The highest BCUT2D eigenvalue weighted by Gasteiger charge is 2.56. The van der Waals surface area contributed by atoms with Crippen molar-refractivity contribution in [3.8, 4) is 5.75 Å². The third-order valence-corrected chi connectivity index (χ3v) is 8.02. The molecule has 4 saturated carbocycles. The van der Waals surface area contributed by atoms with Crippen LogP contribution in [0.3, 0.4) is 0 Å². The molecular weight excluding hydrogens is 426 g/mol. The van der Waals surface area contributed by atoms with E-state index in [1.807, 2.05) is 0 Å². The Bertz CT molecular complexity index is 858. The number of carbonyl (C=O) groups excluding carboxylic acids is 2. The maximum Gasteiger partial charge on any atom is 0.387 e. The summed E-state index contributed by atoms with van der Waals surface area (Å²) in [4.78, 5) is 28.5. The van der Waals surface area contributed by atoms with E-state index in [4.69, 9.17) is 11.6 Å². The van der Waals surface area contributed by atoms with Gasteiger partial charge in [-0.05, 0) is 87.3 Å². The molecule has 5 nitrogen and oxygen atoms in total. The first kappa shape index (κ1) is 21.0. The van der Waals surface area contributed by atoms with Crippen molar-refractivity contribution in [1.29, 1.82) is 0 Å². The van der Waals surface area contributed by atoms with E-state index in [1.54, 1.807) is 4.90 Å². The number of amides is 2. The lowest BCUT2D eigenvalue weighted by atomic mass is 9.49. The number of alkyl halides is 2. The maximum absolute atomic E-state index is 13.7. The molecule has 1 aromatic carbocycles. The predicted molar refractivity (Wildman–Crippen MR) is 112 cm³/mol. The van der Waals surface area contributed by atoms with Gasteiger partial charge in [-0.1, -0.05) is 11.6 Å². The molecule has 1 unspecified atom stereocenters. The Kier molecular flexibility index (Phi) is 5.35. The van der Waals surface area contributed by atoms with Crippen LogP contribution >= 0.6 is 11.6 Å². The zero-order valence-corrected chi connectivity index (χ0v) is 18.0. The molecular formula is C23H27ClF2N2O3. The number of rotatable bonds is 5. The van der Waals surface area contributed by atoms with Gasteiger partial charge in [0.2, 0.25) is 11.8 Å². The fraction of sp³-hybridized carbons (Fsp3) is 0.652. The largest absolute Gasteiger partial charge is 0.433 e. The summed E-state index contributed by atoms with van der Waals surface area (Å²) in [5, 5.41) is 2.80. The fourth-order valence-electron chi connectivity index (χ4n) is 6.96. The quantitative estimate of drug-likeness (QED) is 0.677. The summed E-state index contributed by atoms with van der Waals surface area (Å²) >= 11 is 6.00. The molecule has 1 saturated heterocycles. The molecule has 8 heteroatoms. The van der Waals surface area contributed by atoms with Gasteiger partial charge in [-0.25, -0.2) is 0 Å². The summed E-state index contributed by atoms with van der Waals surface area (Å²) in [7, 11) is 0. The molecule has 1 heterocycles. The van der Waals surface area contributed by atoms with Crippen LogP contribution in [0.4, 0.5) is 14.5 Å². The first-order chi connectivity index (χ1) is 14.8. The van der Waals surface area contributed by atoms with Crippen LogP contribution in [-0.4, -0.2) is 35.9 Å². The van der Waals surface area contributed by atoms with Crippen LogP contribution in [0, 0.1) is 23.2 Å². The molecule has 1 N–H and O–H groups in total. The zero-order chi connectivity index (χ0) is 21.8. The molecule has 2 amide bonds. The molecule has 0 spiro atoms. The summed E-state index contributed by atoms with van der Waals surface area (Å²) in [6.45, 7) is -2.36. The maximum atomic E-state index is 13.7. The van der Waals surface area contributed by atoms with Gasteiger partial charge in [-0.15, -0.1) is 0 Å². The first-order valence-electron chi connectivity index (χ1n) is 11.2. The summed E-state index contributed by atoms with van der Waals surface area (Å²) in [6, 6.07) is 3.66. The van der Waals surface area contributed by atoms with Gasteiger partial charge in [0.25, 0.3) is 0 Å². The van der Waals surface area contributed by atoms with E-state index in [-0.39, 0.29) is 28.0 Å². The van der Waals surface area contributed by atoms with Gasteiger partial charge in [0, 0.05) is 12.2 Å². The van der Waals surface area contributed by atoms with E-state index in [0.717, 1.165) is 25.7 Å². The van der Waals surface area contributed by atoms with Gasteiger partial charge in [-0.2, -0.15) is 8.78 Å². The number of nitrogens with one attached hydrogen (secondary N) is 1. The minimum absolute atomic E-state index is 0.00831. The Morgan fingerprint density at radius 1 is 1.13 bits per heavy atom. The molecule has 31 heavy (non-hydrogen) atoms. The normalized spacial score (nSPS) is 33.7. The molecule has 6 rings (SSSR count). The van der Waals surface area contributed by atoms with Gasteiger partial charge in [0.05, 0.1) is 10.4 Å². The average molecular weight is 453 g/mol. The SMILES string of the molecule is O=C(Nc1ccc(OC(F)F)c(Cl)c1)C1CCCN1C(=O)C12CC3CC(CC(C3)C1)C2. The lowest BCUT2D eigenvalue weighted by molar-refractivity contribution is -0.160. The van der Waals surface area contributed by atoms with E-state index in [0.29, 0.717) is 36.4 Å². The standard InChI is InChI=1S/C23H27ClF2N2O3/c24-17-9-16(3-4-19(17)31-22(25)26)27-20(29)18-2-1-5-28(18)21(30)23-10-13-6-14(11-23)8-15(7-13)12-23/h3-4,9,13-15,18,22H,1-2,5-8,10-12H2,(H,27,29).